The van der Waals surface area contributed by atoms with Gasteiger partial charge in [-0.1, -0.05) is 66.3 Å². The first-order valence-corrected chi connectivity index (χ1v) is 7.98. The van der Waals surface area contributed by atoms with Crippen LogP contribution in [0.4, 0.5) is 0 Å². The van der Waals surface area contributed by atoms with Gasteiger partial charge in [-0.05, 0) is 35.2 Å². The summed E-state index contributed by atoms with van der Waals surface area (Å²) in [6, 6.07) is 13.9. The Morgan fingerprint density at radius 3 is 2.43 bits per heavy atom. The molecule has 2 aromatic rings. The standard InChI is InChI=1S/C17H18BrNOS/c1-11(2)15-9-14(18)7-8-16(15)20-10-12-3-5-13(6-4-12)17(19)21/h3-9,11H,10H2,1-2H3,(H2,19,21). The molecule has 0 saturated carbocycles. The molecule has 0 bridgehead atoms. The molecule has 0 fully saturated rings. The predicted molar refractivity (Wildman–Crippen MR) is 94.9 cm³/mol. The molecule has 0 radical (unpaired) electrons. The van der Waals surface area contributed by atoms with Crippen molar-refractivity contribution in [3.05, 3.63) is 63.6 Å². The second-order valence-electron chi connectivity index (χ2n) is 5.19. The summed E-state index contributed by atoms with van der Waals surface area (Å²) in [7, 11) is 0. The van der Waals surface area contributed by atoms with Crippen LogP contribution in [0.3, 0.4) is 0 Å². The zero-order valence-corrected chi connectivity index (χ0v) is 14.5. The van der Waals surface area contributed by atoms with E-state index in [1.54, 1.807) is 0 Å². The maximum atomic E-state index is 5.95. The molecule has 0 saturated heterocycles. The Morgan fingerprint density at radius 1 is 1.19 bits per heavy atom. The summed E-state index contributed by atoms with van der Waals surface area (Å²) >= 11 is 8.45. The molecule has 110 valence electrons. The van der Waals surface area contributed by atoms with E-state index in [9.17, 15) is 0 Å². The smallest absolute Gasteiger partial charge is 0.123 e. The van der Waals surface area contributed by atoms with Gasteiger partial charge in [-0.2, -0.15) is 0 Å². The fraction of sp³-hybridized carbons (Fsp3) is 0.235. The third kappa shape index (κ3) is 4.29. The van der Waals surface area contributed by atoms with Crippen molar-refractivity contribution in [1.82, 2.24) is 0 Å². The van der Waals surface area contributed by atoms with Crippen LogP contribution in [0, 0.1) is 0 Å². The lowest BCUT2D eigenvalue weighted by Gasteiger charge is -2.14. The first kappa shape index (κ1) is 16.0. The number of hydrogen-bond acceptors (Lipinski definition) is 2. The number of nitrogens with two attached hydrogens (primary N) is 1. The Balaban J connectivity index is 2.11. The van der Waals surface area contributed by atoms with Crippen LogP contribution in [0.5, 0.6) is 5.75 Å². The van der Waals surface area contributed by atoms with Crippen LogP contribution < -0.4 is 10.5 Å². The first-order valence-electron chi connectivity index (χ1n) is 6.78. The molecule has 0 aromatic heterocycles. The molecule has 2 nitrogen and oxygen atoms in total. The van der Waals surface area contributed by atoms with Gasteiger partial charge in [0, 0.05) is 10.0 Å². The molecule has 0 unspecified atom stereocenters. The zero-order chi connectivity index (χ0) is 15.4. The third-order valence-corrected chi connectivity index (χ3v) is 3.96. The lowest BCUT2D eigenvalue weighted by Crippen LogP contribution is -2.09. The lowest BCUT2D eigenvalue weighted by molar-refractivity contribution is 0.302. The highest BCUT2D eigenvalue weighted by Gasteiger charge is 2.09. The first-order chi connectivity index (χ1) is 9.97. The number of thiocarbonyl (C=S) groups is 1. The Bertz CT molecular complexity index is 638. The molecular formula is C17H18BrNOS. The minimum atomic E-state index is 0.412. The summed E-state index contributed by atoms with van der Waals surface area (Å²) in [6.07, 6.45) is 0. The normalized spacial score (nSPS) is 10.7. The minimum Gasteiger partial charge on any atom is -0.489 e. The van der Waals surface area contributed by atoms with Crippen molar-refractivity contribution in [2.45, 2.75) is 26.4 Å². The van der Waals surface area contributed by atoms with Crippen molar-refractivity contribution in [3.63, 3.8) is 0 Å². The van der Waals surface area contributed by atoms with Gasteiger partial charge in [0.2, 0.25) is 0 Å². The Labute approximate surface area is 139 Å². The number of benzene rings is 2. The van der Waals surface area contributed by atoms with Gasteiger partial charge in [0.25, 0.3) is 0 Å². The molecule has 0 amide bonds. The van der Waals surface area contributed by atoms with Gasteiger partial charge >= 0.3 is 0 Å². The van der Waals surface area contributed by atoms with Crippen molar-refractivity contribution in [2.75, 3.05) is 0 Å². The molecule has 4 heteroatoms. The van der Waals surface area contributed by atoms with Crippen molar-refractivity contribution >= 4 is 33.1 Å². The largest absolute Gasteiger partial charge is 0.489 e. The summed E-state index contributed by atoms with van der Waals surface area (Å²) in [5.74, 6) is 1.33. The Morgan fingerprint density at radius 2 is 1.86 bits per heavy atom. The Hall–Kier alpha value is -1.39. The van der Waals surface area contributed by atoms with E-state index in [1.807, 2.05) is 36.4 Å². The summed E-state index contributed by atoms with van der Waals surface area (Å²) in [5.41, 5.74) is 8.76. The van der Waals surface area contributed by atoms with Crippen LogP contribution >= 0.6 is 28.1 Å². The second-order valence-corrected chi connectivity index (χ2v) is 6.54. The molecule has 2 aromatic carbocycles. The lowest BCUT2D eigenvalue weighted by atomic mass is 10.0. The van der Waals surface area contributed by atoms with E-state index >= 15 is 0 Å². The molecule has 2 rings (SSSR count). The van der Waals surface area contributed by atoms with Gasteiger partial charge in [0.1, 0.15) is 17.3 Å². The van der Waals surface area contributed by atoms with Gasteiger partial charge in [-0.3, -0.25) is 0 Å². The van der Waals surface area contributed by atoms with Crippen LogP contribution in [0.25, 0.3) is 0 Å². The number of halogens is 1. The fourth-order valence-corrected chi connectivity index (χ4v) is 2.54. The molecule has 0 heterocycles. The maximum Gasteiger partial charge on any atom is 0.123 e. The molecule has 0 spiro atoms. The number of ether oxygens (including phenoxy) is 1. The van der Waals surface area contributed by atoms with E-state index in [2.05, 4.69) is 35.8 Å². The van der Waals surface area contributed by atoms with Gasteiger partial charge < -0.3 is 10.5 Å². The topological polar surface area (TPSA) is 35.2 Å². The fourth-order valence-electron chi connectivity index (χ4n) is 2.03. The van der Waals surface area contributed by atoms with Crippen LogP contribution in [-0.4, -0.2) is 4.99 Å². The monoisotopic (exact) mass is 363 g/mol. The summed E-state index contributed by atoms with van der Waals surface area (Å²) in [6.45, 7) is 4.84. The van der Waals surface area contributed by atoms with Crippen molar-refractivity contribution in [2.24, 2.45) is 5.73 Å². The predicted octanol–water partition coefficient (Wildman–Crippen LogP) is 4.79. The van der Waals surface area contributed by atoms with Crippen LogP contribution in [0.1, 0.15) is 36.5 Å². The number of hydrogen-bond donors (Lipinski definition) is 1. The zero-order valence-electron chi connectivity index (χ0n) is 12.1. The molecule has 2 N–H and O–H groups in total. The van der Waals surface area contributed by atoms with E-state index in [4.69, 9.17) is 22.7 Å². The molecule has 21 heavy (non-hydrogen) atoms. The average Bonchev–Trinajstić information content (AvgIpc) is 2.46. The quantitative estimate of drug-likeness (QED) is 0.775. The third-order valence-electron chi connectivity index (χ3n) is 3.23. The maximum absolute atomic E-state index is 5.95. The SMILES string of the molecule is CC(C)c1cc(Br)ccc1OCc1ccc(C(N)=S)cc1. The van der Waals surface area contributed by atoms with Gasteiger partial charge in [0.15, 0.2) is 0 Å². The molecule has 0 aliphatic heterocycles. The van der Waals surface area contributed by atoms with Gasteiger partial charge in [0.05, 0.1) is 0 Å². The van der Waals surface area contributed by atoms with E-state index in [0.29, 0.717) is 17.5 Å². The molecule has 0 atom stereocenters. The van der Waals surface area contributed by atoms with E-state index < -0.39 is 0 Å². The summed E-state index contributed by atoms with van der Waals surface area (Å²) in [5, 5.41) is 0. The van der Waals surface area contributed by atoms with Crippen LogP contribution in [0.15, 0.2) is 46.9 Å². The highest BCUT2D eigenvalue weighted by Crippen LogP contribution is 2.30. The molecular weight excluding hydrogens is 346 g/mol. The van der Waals surface area contributed by atoms with Crippen molar-refractivity contribution in [1.29, 1.82) is 0 Å². The molecule has 0 aliphatic rings. The van der Waals surface area contributed by atoms with Gasteiger partial charge in [-0.15, -0.1) is 0 Å². The molecule has 0 aliphatic carbocycles. The van der Waals surface area contributed by atoms with Gasteiger partial charge in [-0.25, -0.2) is 0 Å². The number of rotatable bonds is 5. The summed E-state index contributed by atoms with van der Waals surface area (Å²) in [4.78, 5) is 0.414. The highest BCUT2D eigenvalue weighted by molar-refractivity contribution is 9.10. The Kier molecular flexibility index (Phi) is 5.37. The second kappa shape index (κ2) is 7.05. The van der Waals surface area contributed by atoms with Crippen LogP contribution in [0.2, 0.25) is 0 Å². The van der Waals surface area contributed by atoms with Crippen molar-refractivity contribution in [3.8, 4) is 5.75 Å². The average molecular weight is 364 g/mol. The summed E-state index contributed by atoms with van der Waals surface area (Å²) < 4.78 is 7.02. The van der Waals surface area contributed by atoms with E-state index in [1.165, 1.54) is 5.56 Å². The van der Waals surface area contributed by atoms with E-state index in [-0.39, 0.29) is 0 Å². The van der Waals surface area contributed by atoms with Crippen LogP contribution in [-0.2, 0) is 6.61 Å². The van der Waals surface area contributed by atoms with E-state index in [0.717, 1.165) is 21.3 Å². The van der Waals surface area contributed by atoms with Crippen molar-refractivity contribution < 1.29 is 4.74 Å². The minimum absolute atomic E-state index is 0.412. The highest BCUT2D eigenvalue weighted by atomic mass is 79.9.